The number of hydrogen-bond acceptors (Lipinski definition) is 3. The van der Waals surface area contributed by atoms with Gasteiger partial charge in [0.2, 0.25) is 0 Å². The first-order valence-electron chi connectivity index (χ1n) is 11.0. The van der Waals surface area contributed by atoms with Crippen molar-refractivity contribution in [2.45, 2.75) is 98.3 Å². The highest BCUT2D eigenvalue weighted by molar-refractivity contribution is 4.85. The summed E-state index contributed by atoms with van der Waals surface area (Å²) in [6.07, 6.45) is 15.3. The molecule has 1 aromatic rings. The topological polar surface area (TPSA) is 41.3 Å². The lowest BCUT2D eigenvalue weighted by Crippen LogP contribution is -2.44. The fourth-order valence-corrected chi connectivity index (χ4v) is 3.96. The Morgan fingerprint density at radius 3 is 1.85 bits per heavy atom. The lowest BCUT2D eigenvalue weighted by atomic mass is 9.95. The van der Waals surface area contributed by atoms with Gasteiger partial charge in [-0.1, -0.05) is 66.2 Å². The van der Waals surface area contributed by atoms with Crippen molar-refractivity contribution in [3.63, 3.8) is 0 Å². The highest BCUT2D eigenvalue weighted by Gasteiger charge is 2.28. The zero-order valence-corrected chi connectivity index (χ0v) is 17.9. The van der Waals surface area contributed by atoms with Crippen LogP contribution in [0, 0.1) is 11.8 Å². The molecule has 0 aliphatic carbocycles. The summed E-state index contributed by atoms with van der Waals surface area (Å²) in [7, 11) is 0. The van der Waals surface area contributed by atoms with Gasteiger partial charge in [-0.15, -0.1) is 0 Å². The van der Waals surface area contributed by atoms with Crippen molar-refractivity contribution in [1.82, 2.24) is 14.5 Å². The number of unbranched alkanes of at least 4 members (excludes halogenated alkanes) is 2. The van der Waals surface area contributed by atoms with Gasteiger partial charge >= 0.3 is 0 Å². The van der Waals surface area contributed by atoms with Crippen LogP contribution < -0.4 is 0 Å². The predicted octanol–water partition coefficient (Wildman–Crippen LogP) is 5.50. The van der Waals surface area contributed by atoms with Gasteiger partial charge < -0.3 is 9.67 Å². The van der Waals surface area contributed by atoms with Crippen LogP contribution in [0.2, 0.25) is 0 Å². The fraction of sp³-hybridized carbons (Fsp3) is 0.864. The molecule has 26 heavy (non-hydrogen) atoms. The number of aromatic nitrogens is 2. The molecule has 0 fully saturated rings. The molecule has 0 aliphatic rings. The molecule has 4 atom stereocenters. The molecule has 1 heterocycles. The lowest BCUT2D eigenvalue weighted by Gasteiger charge is -2.38. The summed E-state index contributed by atoms with van der Waals surface area (Å²) in [6.45, 7) is 13.2. The normalized spacial score (nSPS) is 16.6. The van der Waals surface area contributed by atoms with E-state index >= 15 is 0 Å². The molecule has 4 unspecified atom stereocenters. The van der Waals surface area contributed by atoms with Crippen molar-refractivity contribution in [2.24, 2.45) is 11.8 Å². The summed E-state index contributed by atoms with van der Waals surface area (Å²) in [6, 6.07) is 0. The molecule has 152 valence electrons. The Morgan fingerprint density at radius 2 is 1.50 bits per heavy atom. The van der Waals surface area contributed by atoms with E-state index in [-0.39, 0.29) is 6.17 Å². The first kappa shape index (κ1) is 23.2. The van der Waals surface area contributed by atoms with E-state index in [1.165, 1.54) is 51.4 Å². The maximum atomic E-state index is 10.6. The smallest absolute Gasteiger partial charge is 0.113 e. The summed E-state index contributed by atoms with van der Waals surface area (Å²) in [5.74, 6) is 1.40. The molecule has 4 nitrogen and oxygen atoms in total. The number of rotatable bonds is 15. The van der Waals surface area contributed by atoms with Crippen molar-refractivity contribution >= 4 is 0 Å². The van der Waals surface area contributed by atoms with Gasteiger partial charge in [0.15, 0.2) is 0 Å². The van der Waals surface area contributed by atoms with E-state index in [9.17, 15) is 5.11 Å². The monoisotopic (exact) mass is 365 g/mol. The summed E-state index contributed by atoms with van der Waals surface area (Å²) in [4.78, 5) is 6.77. The zero-order valence-electron chi connectivity index (χ0n) is 17.9. The van der Waals surface area contributed by atoms with Crippen molar-refractivity contribution in [3.8, 4) is 0 Å². The van der Waals surface area contributed by atoms with Crippen molar-refractivity contribution < 1.29 is 5.11 Å². The van der Waals surface area contributed by atoms with Gasteiger partial charge in [-0.05, 0) is 31.6 Å². The van der Waals surface area contributed by atoms with Crippen molar-refractivity contribution in [1.29, 1.82) is 0 Å². The number of aliphatic hydroxyl groups excluding tert-OH is 1. The number of imidazole rings is 1. The second-order valence-electron chi connectivity index (χ2n) is 7.95. The largest absolute Gasteiger partial charge is 0.390 e. The molecule has 1 aromatic heterocycles. The Kier molecular flexibility index (Phi) is 11.9. The average Bonchev–Trinajstić information content (AvgIpc) is 3.15. The third-order valence-electron chi connectivity index (χ3n) is 5.71. The van der Waals surface area contributed by atoms with E-state index in [0.717, 1.165) is 13.1 Å². The molecule has 0 bridgehead atoms. The number of nitrogens with zero attached hydrogens (tertiary/aromatic N) is 3. The molecule has 0 aromatic carbocycles. The standard InChI is InChI=1S/C22H43N3O/c1-6-10-12-20(8-3)16-25(17-21(9-4)13-11-7-2)22(19(5)26)24-15-14-23-18-24/h14-15,18-22,26H,6-13,16-17H2,1-5H3. The van der Waals surface area contributed by atoms with Crippen LogP contribution in [0.15, 0.2) is 18.7 Å². The summed E-state index contributed by atoms with van der Waals surface area (Å²) in [5, 5.41) is 10.6. The second-order valence-corrected chi connectivity index (χ2v) is 7.95. The van der Waals surface area contributed by atoms with Gasteiger partial charge in [0.05, 0.1) is 12.4 Å². The van der Waals surface area contributed by atoms with Crippen LogP contribution in [-0.4, -0.2) is 38.8 Å². The molecule has 0 saturated carbocycles. The van der Waals surface area contributed by atoms with Gasteiger partial charge in [-0.25, -0.2) is 4.98 Å². The minimum atomic E-state index is -0.420. The maximum Gasteiger partial charge on any atom is 0.113 e. The summed E-state index contributed by atoms with van der Waals surface area (Å²) < 4.78 is 2.09. The van der Waals surface area contributed by atoms with E-state index in [1.54, 1.807) is 0 Å². The third kappa shape index (κ3) is 7.79. The highest BCUT2D eigenvalue weighted by atomic mass is 16.3. The zero-order chi connectivity index (χ0) is 19.4. The summed E-state index contributed by atoms with van der Waals surface area (Å²) >= 11 is 0. The van der Waals surface area contributed by atoms with E-state index in [1.807, 2.05) is 25.6 Å². The van der Waals surface area contributed by atoms with Gasteiger partial charge in [-0.3, -0.25) is 4.90 Å². The maximum absolute atomic E-state index is 10.6. The van der Waals surface area contributed by atoms with Crippen LogP contribution >= 0.6 is 0 Å². The van der Waals surface area contributed by atoms with Crippen LogP contribution in [0.4, 0.5) is 0 Å². The minimum absolute atomic E-state index is 0.0242. The first-order chi connectivity index (χ1) is 12.6. The molecule has 0 amide bonds. The molecular weight excluding hydrogens is 322 g/mol. The van der Waals surface area contributed by atoms with E-state index in [4.69, 9.17) is 0 Å². The lowest BCUT2D eigenvalue weighted by molar-refractivity contribution is -0.00252. The Bertz CT molecular complexity index is 415. The summed E-state index contributed by atoms with van der Waals surface area (Å²) in [5.41, 5.74) is 0. The average molecular weight is 366 g/mol. The number of aliphatic hydroxyl groups is 1. The van der Waals surface area contributed by atoms with Gasteiger partial charge in [0.1, 0.15) is 6.17 Å². The Labute approximate surface area is 162 Å². The van der Waals surface area contributed by atoms with Gasteiger partial charge in [0.25, 0.3) is 0 Å². The molecule has 0 aliphatic heterocycles. The van der Waals surface area contributed by atoms with Gasteiger partial charge in [0, 0.05) is 25.5 Å². The Morgan fingerprint density at radius 1 is 0.962 bits per heavy atom. The van der Waals surface area contributed by atoms with Crippen LogP contribution in [0.5, 0.6) is 0 Å². The van der Waals surface area contributed by atoms with Crippen LogP contribution in [0.25, 0.3) is 0 Å². The first-order valence-corrected chi connectivity index (χ1v) is 11.0. The quantitative estimate of drug-likeness (QED) is 0.446. The third-order valence-corrected chi connectivity index (χ3v) is 5.71. The second kappa shape index (κ2) is 13.3. The van der Waals surface area contributed by atoms with E-state index in [2.05, 4.69) is 42.1 Å². The Balaban J connectivity index is 2.97. The SMILES string of the molecule is CCCCC(CC)CN(CC(CC)CCCC)C(C(C)O)n1ccnc1. The van der Waals surface area contributed by atoms with Crippen LogP contribution in [0.1, 0.15) is 92.2 Å². The molecule has 4 heteroatoms. The van der Waals surface area contributed by atoms with Crippen molar-refractivity contribution in [3.05, 3.63) is 18.7 Å². The minimum Gasteiger partial charge on any atom is -0.390 e. The van der Waals surface area contributed by atoms with Gasteiger partial charge in [-0.2, -0.15) is 0 Å². The van der Waals surface area contributed by atoms with Crippen LogP contribution in [-0.2, 0) is 0 Å². The predicted molar refractivity (Wildman–Crippen MR) is 111 cm³/mol. The van der Waals surface area contributed by atoms with Crippen molar-refractivity contribution in [2.75, 3.05) is 13.1 Å². The molecular formula is C22H43N3O. The molecule has 1 N–H and O–H groups in total. The molecule has 0 radical (unpaired) electrons. The molecule has 1 rings (SSSR count). The van der Waals surface area contributed by atoms with E-state index < -0.39 is 6.10 Å². The van der Waals surface area contributed by atoms with Crippen LogP contribution in [0.3, 0.4) is 0 Å². The molecule has 0 spiro atoms. The fourth-order valence-electron chi connectivity index (χ4n) is 3.96. The molecule has 0 saturated heterocycles. The van der Waals surface area contributed by atoms with E-state index in [0.29, 0.717) is 11.8 Å². The highest BCUT2D eigenvalue weighted by Crippen LogP contribution is 2.26. The number of hydrogen-bond donors (Lipinski definition) is 1. The Hall–Kier alpha value is -0.870.